The van der Waals surface area contributed by atoms with Gasteiger partial charge >= 0.3 is 5.97 Å². The lowest BCUT2D eigenvalue weighted by Gasteiger charge is -2.17. The van der Waals surface area contributed by atoms with E-state index in [1.54, 1.807) is 17.9 Å². The number of rotatable bonds is 5. The standard InChI is InChI=1S/C23H19BrN2O3S/c1-14(27)26-10-9-17-11-19(24)22(13-21(17)26)30-25-20-12-16(7-8-18(20)23(28)29)15-5-3-2-4-6-15/h2-8,11-13,25H,9-10H2,1H3,(H,28,29). The summed E-state index contributed by atoms with van der Waals surface area (Å²) < 4.78 is 4.10. The van der Waals surface area contributed by atoms with Crippen LogP contribution in [0.15, 0.2) is 70.0 Å². The maximum absolute atomic E-state index is 11.9. The van der Waals surface area contributed by atoms with Crippen LogP contribution < -0.4 is 9.62 Å². The van der Waals surface area contributed by atoms with Crippen LogP contribution in [0.2, 0.25) is 0 Å². The smallest absolute Gasteiger partial charge is 0.337 e. The lowest BCUT2D eigenvalue weighted by molar-refractivity contribution is -0.116. The first-order chi connectivity index (χ1) is 14.4. The van der Waals surface area contributed by atoms with E-state index in [4.69, 9.17) is 0 Å². The number of carbonyl (C=O) groups excluding carboxylic acids is 1. The quantitative estimate of drug-likeness (QED) is 0.446. The third-order valence-corrected chi connectivity index (χ3v) is 6.84. The molecule has 0 aromatic heterocycles. The summed E-state index contributed by atoms with van der Waals surface area (Å²) >= 11 is 4.92. The Morgan fingerprint density at radius 1 is 1.07 bits per heavy atom. The molecule has 0 saturated carbocycles. The minimum absolute atomic E-state index is 0.0173. The number of hydrogen-bond donors (Lipinski definition) is 2. The van der Waals surface area contributed by atoms with Crippen molar-refractivity contribution < 1.29 is 14.7 Å². The maximum Gasteiger partial charge on any atom is 0.337 e. The Labute approximate surface area is 187 Å². The number of fused-ring (bicyclic) bond motifs is 1. The highest BCUT2D eigenvalue weighted by molar-refractivity contribution is 9.10. The van der Waals surface area contributed by atoms with Crippen LogP contribution in [0.4, 0.5) is 11.4 Å². The summed E-state index contributed by atoms with van der Waals surface area (Å²) in [5, 5.41) is 9.60. The number of benzene rings is 3. The molecule has 1 aliphatic heterocycles. The Morgan fingerprint density at radius 2 is 1.83 bits per heavy atom. The third-order valence-electron chi connectivity index (χ3n) is 5.04. The number of anilines is 2. The Hall–Kier alpha value is -2.77. The second kappa shape index (κ2) is 8.53. The fourth-order valence-corrected chi connectivity index (χ4v) is 4.88. The van der Waals surface area contributed by atoms with Gasteiger partial charge < -0.3 is 14.7 Å². The van der Waals surface area contributed by atoms with Crippen LogP contribution in [0.25, 0.3) is 11.1 Å². The fourth-order valence-electron chi connectivity index (χ4n) is 3.53. The first kappa shape index (κ1) is 20.5. The molecular weight excluding hydrogens is 464 g/mol. The number of carboxylic acids is 1. The molecule has 1 aliphatic rings. The molecule has 5 nitrogen and oxygen atoms in total. The molecule has 0 unspecified atom stereocenters. The SMILES string of the molecule is CC(=O)N1CCc2cc(Br)c(SNc3cc(-c4ccccc4)ccc3C(=O)O)cc21. The molecule has 7 heteroatoms. The average molecular weight is 483 g/mol. The zero-order valence-corrected chi connectivity index (χ0v) is 18.6. The molecule has 1 amide bonds. The molecular formula is C23H19BrN2O3S. The molecule has 4 rings (SSSR count). The van der Waals surface area contributed by atoms with Crippen molar-refractivity contribution in [3.05, 3.63) is 76.3 Å². The van der Waals surface area contributed by atoms with Crippen molar-refractivity contribution in [3.63, 3.8) is 0 Å². The predicted octanol–water partition coefficient (Wildman–Crippen LogP) is 5.84. The van der Waals surface area contributed by atoms with E-state index in [0.29, 0.717) is 12.2 Å². The van der Waals surface area contributed by atoms with E-state index in [1.165, 1.54) is 11.9 Å². The molecule has 3 aromatic rings. The molecule has 0 radical (unpaired) electrons. The Kier molecular flexibility index (Phi) is 5.83. The zero-order valence-electron chi connectivity index (χ0n) is 16.2. The van der Waals surface area contributed by atoms with E-state index >= 15 is 0 Å². The highest BCUT2D eigenvalue weighted by Gasteiger charge is 2.24. The first-order valence-corrected chi connectivity index (χ1v) is 11.0. The molecule has 3 aromatic carbocycles. The van der Waals surface area contributed by atoms with Gasteiger partial charge in [0.25, 0.3) is 0 Å². The van der Waals surface area contributed by atoms with Crippen LogP contribution in [0, 0.1) is 0 Å². The van der Waals surface area contributed by atoms with Gasteiger partial charge in [-0.25, -0.2) is 4.79 Å². The van der Waals surface area contributed by atoms with Crippen molar-refractivity contribution in [2.45, 2.75) is 18.2 Å². The molecule has 152 valence electrons. The molecule has 0 bridgehead atoms. The van der Waals surface area contributed by atoms with Crippen LogP contribution in [-0.2, 0) is 11.2 Å². The zero-order chi connectivity index (χ0) is 21.3. The number of carbonyl (C=O) groups is 2. The van der Waals surface area contributed by atoms with E-state index in [1.807, 2.05) is 54.6 Å². The van der Waals surface area contributed by atoms with Gasteiger partial charge in [-0.1, -0.05) is 36.4 Å². The average Bonchev–Trinajstić information content (AvgIpc) is 3.15. The highest BCUT2D eigenvalue weighted by Crippen LogP contribution is 2.39. The topological polar surface area (TPSA) is 69.6 Å². The molecule has 1 heterocycles. The minimum atomic E-state index is -0.992. The van der Waals surface area contributed by atoms with E-state index in [2.05, 4.69) is 20.7 Å². The number of carboxylic acid groups (broad SMARTS) is 1. The molecule has 0 atom stereocenters. The second-order valence-electron chi connectivity index (χ2n) is 6.97. The summed E-state index contributed by atoms with van der Waals surface area (Å²) in [6, 6.07) is 19.1. The van der Waals surface area contributed by atoms with Gasteiger partial charge in [0.1, 0.15) is 0 Å². The van der Waals surface area contributed by atoms with Gasteiger partial charge in [0.2, 0.25) is 5.91 Å². The van der Waals surface area contributed by atoms with Gasteiger partial charge in [0.05, 0.1) is 11.3 Å². The summed E-state index contributed by atoms with van der Waals surface area (Å²) in [6.07, 6.45) is 0.828. The van der Waals surface area contributed by atoms with Crippen LogP contribution in [-0.4, -0.2) is 23.5 Å². The molecule has 2 N–H and O–H groups in total. The van der Waals surface area contributed by atoms with E-state index < -0.39 is 5.97 Å². The van der Waals surface area contributed by atoms with Crippen molar-refractivity contribution in [2.24, 2.45) is 0 Å². The van der Waals surface area contributed by atoms with Gasteiger partial charge in [-0.05, 0) is 75.3 Å². The van der Waals surface area contributed by atoms with Crippen molar-refractivity contribution in [3.8, 4) is 11.1 Å². The third kappa shape index (κ3) is 4.08. The molecule has 0 saturated heterocycles. The van der Waals surface area contributed by atoms with Gasteiger partial charge in [-0.3, -0.25) is 4.79 Å². The summed E-state index contributed by atoms with van der Waals surface area (Å²) in [5.74, 6) is -0.975. The van der Waals surface area contributed by atoms with E-state index in [-0.39, 0.29) is 11.5 Å². The molecule has 0 fully saturated rings. The summed E-state index contributed by atoms with van der Waals surface area (Å²) in [4.78, 5) is 26.3. The first-order valence-electron chi connectivity index (χ1n) is 9.40. The Bertz CT molecular complexity index is 1130. The van der Waals surface area contributed by atoms with E-state index in [0.717, 1.165) is 38.2 Å². The van der Waals surface area contributed by atoms with E-state index in [9.17, 15) is 14.7 Å². The number of amides is 1. The van der Waals surface area contributed by atoms with Crippen LogP contribution >= 0.6 is 27.9 Å². The van der Waals surface area contributed by atoms with Gasteiger partial charge in [0.15, 0.2) is 0 Å². The predicted molar refractivity (Wildman–Crippen MR) is 124 cm³/mol. The second-order valence-corrected chi connectivity index (χ2v) is 8.67. The van der Waals surface area contributed by atoms with Gasteiger partial charge in [0, 0.05) is 28.5 Å². The Balaban J connectivity index is 1.64. The largest absolute Gasteiger partial charge is 0.478 e. The summed E-state index contributed by atoms with van der Waals surface area (Å²) in [6.45, 7) is 2.25. The monoisotopic (exact) mass is 482 g/mol. The van der Waals surface area contributed by atoms with Crippen molar-refractivity contribution >= 4 is 51.1 Å². The van der Waals surface area contributed by atoms with Gasteiger partial charge in [-0.15, -0.1) is 0 Å². The normalized spacial score (nSPS) is 12.5. The van der Waals surface area contributed by atoms with Crippen LogP contribution in [0.3, 0.4) is 0 Å². The number of nitrogens with one attached hydrogen (secondary N) is 1. The van der Waals surface area contributed by atoms with Crippen molar-refractivity contribution in [1.82, 2.24) is 0 Å². The number of halogens is 1. The number of hydrogen-bond acceptors (Lipinski definition) is 4. The molecule has 0 spiro atoms. The van der Waals surface area contributed by atoms with Crippen LogP contribution in [0.5, 0.6) is 0 Å². The fraction of sp³-hybridized carbons (Fsp3) is 0.130. The van der Waals surface area contributed by atoms with Crippen molar-refractivity contribution in [2.75, 3.05) is 16.2 Å². The Morgan fingerprint density at radius 3 is 2.53 bits per heavy atom. The van der Waals surface area contributed by atoms with Crippen LogP contribution in [0.1, 0.15) is 22.8 Å². The highest BCUT2D eigenvalue weighted by atomic mass is 79.9. The molecule has 30 heavy (non-hydrogen) atoms. The summed E-state index contributed by atoms with van der Waals surface area (Å²) in [5.41, 5.74) is 4.69. The van der Waals surface area contributed by atoms with Crippen molar-refractivity contribution in [1.29, 1.82) is 0 Å². The molecule has 0 aliphatic carbocycles. The summed E-state index contributed by atoms with van der Waals surface area (Å²) in [7, 11) is 0. The lowest BCUT2D eigenvalue weighted by atomic mass is 10.0. The number of aromatic carboxylic acids is 1. The number of nitrogens with zero attached hydrogens (tertiary/aromatic N) is 1. The maximum atomic E-state index is 11.9. The lowest BCUT2D eigenvalue weighted by Crippen LogP contribution is -2.25. The van der Waals surface area contributed by atoms with Gasteiger partial charge in [-0.2, -0.15) is 0 Å². The minimum Gasteiger partial charge on any atom is -0.478 e.